The van der Waals surface area contributed by atoms with Crippen molar-refractivity contribution in [2.75, 3.05) is 0 Å². The molecule has 0 N–H and O–H groups in total. The van der Waals surface area contributed by atoms with Gasteiger partial charge in [0.2, 0.25) is 0 Å². The minimum absolute atomic E-state index is 0.0841. The molecule has 0 aliphatic carbocycles. The van der Waals surface area contributed by atoms with Crippen LogP contribution in [0.5, 0.6) is 0 Å². The van der Waals surface area contributed by atoms with Crippen LogP contribution in [0.15, 0.2) is 48.5 Å². The Kier molecular flexibility index (Phi) is 5.13. The van der Waals surface area contributed by atoms with Gasteiger partial charge in [-0.3, -0.25) is 4.79 Å². The molecule has 2 aliphatic heterocycles. The molecule has 156 valence electrons. The fourth-order valence-corrected chi connectivity index (χ4v) is 5.86. The molecule has 30 heavy (non-hydrogen) atoms. The number of hydrogen-bond donors (Lipinski definition) is 0. The van der Waals surface area contributed by atoms with Crippen molar-refractivity contribution in [2.24, 2.45) is 5.92 Å². The van der Waals surface area contributed by atoms with Crippen LogP contribution in [-0.2, 0) is 14.9 Å². The molecule has 2 aliphatic rings. The molecule has 0 saturated carbocycles. The average molecular weight is 443 g/mol. The van der Waals surface area contributed by atoms with Crippen LogP contribution in [0.1, 0.15) is 44.7 Å². The Balaban J connectivity index is 2.06. The molecule has 0 unspecified atom stereocenters. The largest absolute Gasteiger partial charge is 0.443 e. The second-order valence-electron chi connectivity index (χ2n) is 8.93. The average Bonchev–Trinajstić information content (AvgIpc) is 3.12. The highest BCUT2D eigenvalue weighted by Crippen LogP contribution is 2.59. The van der Waals surface area contributed by atoms with Gasteiger partial charge in [-0.15, -0.1) is 0 Å². The number of carbonyl (C=O) groups is 1. The van der Waals surface area contributed by atoms with Crippen LogP contribution >= 0.6 is 23.2 Å². The van der Waals surface area contributed by atoms with Crippen LogP contribution in [0, 0.1) is 17.2 Å². The first-order valence-corrected chi connectivity index (χ1v) is 10.8. The zero-order valence-electron chi connectivity index (χ0n) is 17.4. The number of ether oxygens (including phenoxy) is 1. The van der Waals surface area contributed by atoms with Gasteiger partial charge in [-0.2, -0.15) is 5.26 Å². The minimum atomic E-state index is -0.981. The third kappa shape index (κ3) is 2.95. The van der Waals surface area contributed by atoms with Crippen LogP contribution < -0.4 is 0 Å². The second kappa shape index (κ2) is 7.27. The van der Waals surface area contributed by atoms with Crippen molar-refractivity contribution in [1.29, 1.82) is 5.26 Å². The molecular weight excluding hydrogens is 419 g/mol. The second-order valence-corrected chi connectivity index (χ2v) is 9.80. The van der Waals surface area contributed by atoms with Gasteiger partial charge in [0.05, 0.1) is 6.07 Å². The van der Waals surface area contributed by atoms with Gasteiger partial charge >= 0.3 is 5.97 Å². The van der Waals surface area contributed by atoms with Crippen LogP contribution in [0.25, 0.3) is 0 Å². The maximum atomic E-state index is 13.2. The van der Waals surface area contributed by atoms with Gasteiger partial charge in [0.25, 0.3) is 0 Å². The molecule has 2 aromatic carbocycles. The zero-order chi connectivity index (χ0) is 21.8. The van der Waals surface area contributed by atoms with E-state index in [-0.39, 0.29) is 17.9 Å². The number of fused-ring (bicyclic) bond motifs is 1. The van der Waals surface area contributed by atoms with Crippen molar-refractivity contribution in [2.45, 2.75) is 56.8 Å². The fourth-order valence-electron chi connectivity index (χ4n) is 5.53. The Morgan fingerprint density at radius 1 is 1.10 bits per heavy atom. The summed E-state index contributed by atoms with van der Waals surface area (Å²) < 4.78 is 5.79. The molecule has 0 aromatic heterocycles. The summed E-state index contributed by atoms with van der Waals surface area (Å²) in [6, 6.07) is 16.7. The predicted octanol–water partition coefficient (Wildman–Crippen LogP) is 5.54. The molecule has 2 aromatic rings. The lowest BCUT2D eigenvalue weighted by atomic mass is 9.63. The van der Waals surface area contributed by atoms with Gasteiger partial charge in [-0.1, -0.05) is 61.3 Å². The Morgan fingerprint density at radius 2 is 1.77 bits per heavy atom. The topological polar surface area (TPSA) is 53.3 Å². The van der Waals surface area contributed by atoms with Crippen molar-refractivity contribution in [3.63, 3.8) is 0 Å². The van der Waals surface area contributed by atoms with E-state index >= 15 is 0 Å². The molecule has 4 rings (SSSR count). The molecule has 4 atom stereocenters. The van der Waals surface area contributed by atoms with E-state index in [1.54, 1.807) is 18.2 Å². The SMILES string of the molecule is CC(C)[C@@H]1N2[C@@H](C(=O)OC2(C)C)[C@H](c2cccc(Cl)c2)[C@@]1(C#N)c1ccc(Cl)cc1. The summed E-state index contributed by atoms with van der Waals surface area (Å²) in [6.07, 6.45) is 0. The maximum Gasteiger partial charge on any atom is 0.325 e. The van der Waals surface area contributed by atoms with Gasteiger partial charge < -0.3 is 4.74 Å². The summed E-state index contributed by atoms with van der Waals surface area (Å²) in [5.74, 6) is -0.661. The molecular formula is C24H24Cl2N2O2. The van der Waals surface area contributed by atoms with E-state index in [0.717, 1.165) is 11.1 Å². The van der Waals surface area contributed by atoms with E-state index in [2.05, 4.69) is 24.8 Å². The minimum Gasteiger partial charge on any atom is -0.443 e. The van der Waals surface area contributed by atoms with E-state index in [9.17, 15) is 10.1 Å². The Bertz CT molecular complexity index is 1030. The monoisotopic (exact) mass is 442 g/mol. The molecule has 0 spiro atoms. The number of esters is 1. The molecule has 2 saturated heterocycles. The van der Waals surface area contributed by atoms with E-state index in [4.69, 9.17) is 27.9 Å². The van der Waals surface area contributed by atoms with Crippen LogP contribution in [0.4, 0.5) is 0 Å². The molecule has 0 amide bonds. The van der Waals surface area contributed by atoms with Gasteiger partial charge in [-0.05, 0) is 55.2 Å². The number of halogens is 2. The lowest BCUT2D eigenvalue weighted by molar-refractivity contribution is -0.152. The maximum absolute atomic E-state index is 13.2. The number of carbonyl (C=O) groups excluding carboxylic acids is 1. The Morgan fingerprint density at radius 3 is 2.33 bits per heavy atom. The summed E-state index contributed by atoms with van der Waals surface area (Å²) in [4.78, 5) is 15.3. The standard InChI is InChI=1S/C24H24Cl2N2O2/c1-14(2)21-24(13-27,16-8-10-17(25)11-9-16)19(15-6-5-7-18(26)12-15)20-22(29)30-23(3,4)28(20)21/h5-12,14,19-21H,1-4H3/t19-,20+,21-,24+/m0/s1. The van der Waals surface area contributed by atoms with Crippen molar-refractivity contribution in [3.8, 4) is 6.07 Å². The highest BCUT2D eigenvalue weighted by molar-refractivity contribution is 6.30. The predicted molar refractivity (Wildman–Crippen MR) is 117 cm³/mol. The number of nitriles is 1. The number of rotatable bonds is 3. The third-order valence-corrected chi connectivity index (χ3v) is 6.92. The number of hydrogen-bond acceptors (Lipinski definition) is 4. The Hall–Kier alpha value is -2.06. The highest BCUT2D eigenvalue weighted by Gasteiger charge is 2.70. The molecule has 2 heterocycles. The number of nitrogens with zero attached hydrogens (tertiary/aromatic N) is 2. The summed E-state index contributed by atoms with van der Waals surface area (Å²) in [5.41, 5.74) is -0.105. The van der Waals surface area contributed by atoms with E-state index in [1.807, 2.05) is 44.2 Å². The number of benzene rings is 2. The van der Waals surface area contributed by atoms with Gasteiger partial charge in [0.1, 0.15) is 11.5 Å². The smallest absolute Gasteiger partial charge is 0.325 e. The normalized spacial score (nSPS) is 30.2. The first-order chi connectivity index (χ1) is 14.1. The van der Waals surface area contributed by atoms with E-state index in [0.29, 0.717) is 10.0 Å². The summed E-state index contributed by atoms with van der Waals surface area (Å²) in [6.45, 7) is 7.96. The van der Waals surface area contributed by atoms with E-state index < -0.39 is 23.1 Å². The lowest BCUT2D eigenvalue weighted by Crippen LogP contribution is -2.53. The third-order valence-electron chi connectivity index (χ3n) is 6.43. The molecule has 4 nitrogen and oxygen atoms in total. The molecule has 0 radical (unpaired) electrons. The Labute approximate surface area is 187 Å². The van der Waals surface area contributed by atoms with Gasteiger partial charge in [0, 0.05) is 22.0 Å². The first-order valence-electron chi connectivity index (χ1n) is 10.1. The number of cyclic esters (lactones) is 1. The zero-order valence-corrected chi connectivity index (χ0v) is 18.9. The summed E-state index contributed by atoms with van der Waals surface area (Å²) in [5, 5.41) is 11.9. The van der Waals surface area contributed by atoms with Crippen molar-refractivity contribution in [1.82, 2.24) is 4.90 Å². The van der Waals surface area contributed by atoms with Crippen LogP contribution in [0.2, 0.25) is 10.0 Å². The van der Waals surface area contributed by atoms with Gasteiger partial charge in [0.15, 0.2) is 5.72 Å². The fraction of sp³-hybridized carbons (Fsp3) is 0.417. The van der Waals surface area contributed by atoms with Crippen LogP contribution in [-0.4, -0.2) is 28.7 Å². The van der Waals surface area contributed by atoms with Gasteiger partial charge in [-0.25, -0.2) is 4.90 Å². The summed E-state index contributed by atoms with van der Waals surface area (Å²) in [7, 11) is 0. The van der Waals surface area contributed by atoms with Crippen molar-refractivity contribution in [3.05, 3.63) is 69.7 Å². The van der Waals surface area contributed by atoms with Crippen molar-refractivity contribution >= 4 is 29.2 Å². The quantitative estimate of drug-likeness (QED) is 0.585. The molecule has 2 fully saturated rings. The molecule has 0 bridgehead atoms. The first kappa shape index (κ1) is 21.2. The lowest BCUT2D eigenvalue weighted by Gasteiger charge is -2.42. The van der Waals surface area contributed by atoms with E-state index in [1.165, 1.54) is 0 Å². The van der Waals surface area contributed by atoms with Crippen molar-refractivity contribution < 1.29 is 9.53 Å². The highest BCUT2D eigenvalue weighted by atomic mass is 35.5. The summed E-state index contributed by atoms with van der Waals surface area (Å²) >= 11 is 12.5. The molecule has 6 heteroatoms. The van der Waals surface area contributed by atoms with Crippen LogP contribution in [0.3, 0.4) is 0 Å².